The molecule has 0 spiro atoms. The van der Waals surface area contributed by atoms with E-state index in [9.17, 15) is 9.59 Å². The molecule has 20 heavy (non-hydrogen) atoms. The summed E-state index contributed by atoms with van der Waals surface area (Å²) >= 11 is 0. The summed E-state index contributed by atoms with van der Waals surface area (Å²) in [6.07, 6.45) is 1.05. The van der Waals surface area contributed by atoms with Crippen LogP contribution in [0.1, 0.15) is 28.8 Å². The summed E-state index contributed by atoms with van der Waals surface area (Å²) in [5.41, 5.74) is 12.0. The van der Waals surface area contributed by atoms with E-state index in [1.165, 1.54) is 0 Å². The van der Waals surface area contributed by atoms with Crippen molar-refractivity contribution in [3.8, 4) is 0 Å². The Morgan fingerprint density at radius 1 is 1.35 bits per heavy atom. The van der Waals surface area contributed by atoms with Crippen molar-refractivity contribution in [3.63, 3.8) is 0 Å². The van der Waals surface area contributed by atoms with Crippen molar-refractivity contribution in [1.29, 1.82) is 0 Å². The van der Waals surface area contributed by atoms with E-state index in [-0.39, 0.29) is 12.0 Å². The van der Waals surface area contributed by atoms with Gasteiger partial charge in [0, 0.05) is 18.7 Å². The van der Waals surface area contributed by atoms with Gasteiger partial charge in [-0.1, -0.05) is 12.1 Å². The first-order valence-electron chi connectivity index (χ1n) is 6.62. The number of primary amides is 1. The molecule has 1 heterocycles. The highest BCUT2D eigenvalue weighted by molar-refractivity contribution is 5.92. The molecule has 1 aliphatic rings. The molecule has 0 bridgehead atoms. The smallest absolute Gasteiger partial charge is 0.249 e. The Morgan fingerprint density at radius 2 is 2.15 bits per heavy atom. The van der Waals surface area contributed by atoms with Gasteiger partial charge in [-0.15, -0.1) is 0 Å². The van der Waals surface area contributed by atoms with Gasteiger partial charge < -0.3 is 21.5 Å². The Hall–Kier alpha value is -1.92. The fraction of sp³-hybridized carbons (Fsp3) is 0.429. The SMILES string of the molecule is NCC1CCC(C(=O)NCc2cccc(C(N)=O)c2)O1. The van der Waals surface area contributed by atoms with Crippen LogP contribution >= 0.6 is 0 Å². The number of hydrogen-bond acceptors (Lipinski definition) is 4. The van der Waals surface area contributed by atoms with Crippen LogP contribution in [0.5, 0.6) is 0 Å². The molecule has 0 aromatic heterocycles. The molecule has 1 aromatic rings. The maximum absolute atomic E-state index is 11.9. The molecule has 2 atom stereocenters. The predicted octanol–water partition coefficient (Wildman–Crippen LogP) is -0.0920. The number of carbonyl (C=O) groups is 2. The average Bonchev–Trinajstić information content (AvgIpc) is 2.94. The van der Waals surface area contributed by atoms with Gasteiger partial charge in [0.05, 0.1) is 6.10 Å². The van der Waals surface area contributed by atoms with Crippen molar-refractivity contribution in [2.45, 2.75) is 31.6 Å². The van der Waals surface area contributed by atoms with Crippen molar-refractivity contribution in [2.75, 3.05) is 6.54 Å². The number of benzene rings is 1. The van der Waals surface area contributed by atoms with Gasteiger partial charge in [-0.25, -0.2) is 0 Å². The Balaban J connectivity index is 1.87. The molecule has 2 rings (SSSR count). The van der Waals surface area contributed by atoms with Crippen LogP contribution in [0.15, 0.2) is 24.3 Å². The van der Waals surface area contributed by atoms with Crippen LogP contribution in [-0.4, -0.2) is 30.6 Å². The first-order chi connectivity index (χ1) is 9.60. The normalized spacial score (nSPS) is 21.6. The fourth-order valence-corrected chi connectivity index (χ4v) is 2.21. The summed E-state index contributed by atoms with van der Waals surface area (Å²) in [7, 11) is 0. The van der Waals surface area contributed by atoms with Crippen molar-refractivity contribution in [3.05, 3.63) is 35.4 Å². The van der Waals surface area contributed by atoms with Gasteiger partial charge in [-0.3, -0.25) is 9.59 Å². The molecule has 6 nitrogen and oxygen atoms in total. The van der Waals surface area contributed by atoms with Crippen LogP contribution in [0.4, 0.5) is 0 Å². The molecule has 5 N–H and O–H groups in total. The van der Waals surface area contributed by atoms with Gasteiger partial charge >= 0.3 is 0 Å². The van der Waals surface area contributed by atoms with E-state index < -0.39 is 12.0 Å². The lowest BCUT2D eigenvalue weighted by Gasteiger charge is -2.13. The second-order valence-corrected chi connectivity index (χ2v) is 4.84. The molecule has 0 radical (unpaired) electrons. The van der Waals surface area contributed by atoms with Gasteiger partial charge in [-0.2, -0.15) is 0 Å². The lowest BCUT2D eigenvalue weighted by atomic mass is 10.1. The van der Waals surface area contributed by atoms with E-state index in [4.69, 9.17) is 16.2 Å². The van der Waals surface area contributed by atoms with Crippen LogP contribution in [0, 0.1) is 0 Å². The van der Waals surface area contributed by atoms with Crippen LogP contribution in [-0.2, 0) is 16.1 Å². The molecule has 108 valence electrons. The van der Waals surface area contributed by atoms with Crippen LogP contribution in [0.2, 0.25) is 0 Å². The Bertz CT molecular complexity index is 504. The summed E-state index contributed by atoms with van der Waals surface area (Å²) in [5, 5.41) is 2.79. The summed E-state index contributed by atoms with van der Waals surface area (Å²) in [6.45, 7) is 0.775. The molecule has 1 aliphatic heterocycles. The molecular formula is C14H19N3O3. The number of nitrogens with two attached hydrogens (primary N) is 2. The highest BCUT2D eigenvalue weighted by Crippen LogP contribution is 2.19. The summed E-state index contributed by atoms with van der Waals surface area (Å²) in [5.74, 6) is -0.631. The van der Waals surface area contributed by atoms with Crippen LogP contribution in [0.3, 0.4) is 0 Å². The van der Waals surface area contributed by atoms with E-state index in [2.05, 4.69) is 5.32 Å². The minimum Gasteiger partial charge on any atom is -0.366 e. The van der Waals surface area contributed by atoms with Gasteiger partial charge in [0.1, 0.15) is 6.10 Å². The van der Waals surface area contributed by atoms with E-state index in [1.807, 2.05) is 6.07 Å². The fourth-order valence-electron chi connectivity index (χ4n) is 2.21. The third kappa shape index (κ3) is 3.55. The zero-order valence-electron chi connectivity index (χ0n) is 11.2. The lowest BCUT2D eigenvalue weighted by molar-refractivity contribution is -0.132. The molecular weight excluding hydrogens is 258 g/mol. The van der Waals surface area contributed by atoms with Crippen LogP contribution < -0.4 is 16.8 Å². The van der Waals surface area contributed by atoms with E-state index >= 15 is 0 Å². The van der Waals surface area contributed by atoms with E-state index in [1.54, 1.807) is 18.2 Å². The second-order valence-electron chi connectivity index (χ2n) is 4.84. The van der Waals surface area contributed by atoms with Gasteiger partial charge in [0.25, 0.3) is 0 Å². The van der Waals surface area contributed by atoms with E-state index in [0.29, 0.717) is 25.1 Å². The number of hydrogen-bond donors (Lipinski definition) is 3. The van der Waals surface area contributed by atoms with Gasteiger partial charge in [0.15, 0.2) is 0 Å². The maximum Gasteiger partial charge on any atom is 0.249 e. The summed E-state index contributed by atoms with van der Waals surface area (Å²) in [4.78, 5) is 23.0. The highest BCUT2D eigenvalue weighted by Gasteiger charge is 2.29. The molecule has 1 fully saturated rings. The topological polar surface area (TPSA) is 107 Å². The molecule has 2 amide bonds. The van der Waals surface area contributed by atoms with Crippen molar-refractivity contribution >= 4 is 11.8 Å². The van der Waals surface area contributed by atoms with Crippen molar-refractivity contribution in [2.24, 2.45) is 11.5 Å². The largest absolute Gasteiger partial charge is 0.366 e. The number of rotatable bonds is 5. The Morgan fingerprint density at radius 3 is 2.80 bits per heavy atom. The first-order valence-corrected chi connectivity index (χ1v) is 6.62. The number of carbonyl (C=O) groups excluding carboxylic acids is 2. The molecule has 0 saturated carbocycles. The first kappa shape index (κ1) is 14.5. The lowest BCUT2D eigenvalue weighted by Crippen LogP contribution is -2.35. The second kappa shape index (κ2) is 6.49. The average molecular weight is 277 g/mol. The summed E-state index contributed by atoms with van der Waals surface area (Å²) < 4.78 is 5.51. The van der Waals surface area contributed by atoms with Gasteiger partial charge in [-0.05, 0) is 30.5 Å². The molecule has 1 saturated heterocycles. The summed E-state index contributed by atoms with van der Waals surface area (Å²) in [6, 6.07) is 6.86. The Labute approximate surface area is 117 Å². The zero-order valence-corrected chi connectivity index (χ0v) is 11.2. The van der Waals surface area contributed by atoms with Crippen molar-refractivity contribution in [1.82, 2.24) is 5.32 Å². The molecule has 0 aliphatic carbocycles. The molecule has 6 heteroatoms. The monoisotopic (exact) mass is 277 g/mol. The minimum atomic E-state index is -0.483. The maximum atomic E-state index is 11.9. The van der Waals surface area contributed by atoms with Crippen LogP contribution in [0.25, 0.3) is 0 Å². The number of nitrogens with one attached hydrogen (secondary N) is 1. The quantitative estimate of drug-likeness (QED) is 0.699. The van der Waals surface area contributed by atoms with Gasteiger partial charge in [0.2, 0.25) is 11.8 Å². The minimum absolute atomic E-state index is 0.0241. The molecule has 2 unspecified atom stereocenters. The zero-order chi connectivity index (χ0) is 14.5. The third-order valence-electron chi connectivity index (χ3n) is 3.34. The third-order valence-corrected chi connectivity index (χ3v) is 3.34. The standard InChI is InChI=1S/C14H19N3O3/c15-7-11-4-5-12(20-11)14(19)17-8-9-2-1-3-10(6-9)13(16)18/h1-3,6,11-12H,4-5,7-8,15H2,(H2,16,18)(H,17,19). The molecule has 1 aromatic carbocycles. The predicted molar refractivity (Wildman–Crippen MR) is 73.8 cm³/mol. The van der Waals surface area contributed by atoms with Crippen molar-refractivity contribution < 1.29 is 14.3 Å². The Kier molecular flexibility index (Phi) is 4.70. The highest BCUT2D eigenvalue weighted by atomic mass is 16.5. The number of ether oxygens (including phenoxy) is 1. The number of amides is 2. The van der Waals surface area contributed by atoms with E-state index in [0.717, 1.165) is 12.0 Å².